The Hall–Kier alpha value is -0.300. The van der Waals surface area contributed by atoms with Crippen LogP contribution in [0.1, 0.15) is 26.2 Å². The van der Waals surface area contributed by atoms with E-state index in [0.717, 1.165) is 19.3 Å². The number of hydrogen-bond acceptors (Lipinski definition) is 1. The molecule has 0 bridgehead atoms. The first kappa shape index (κ1) is 8.70. The van der Waals surface area contributed by atoms with Gasteiger partial charge >= 0.3 is 0 Å². The van der Waals surface area contributed by atoms with Crippen LogP contribution in [0.3, 0.4) is 0 Å². The minimum atomic E-state index is -0.159. The fourth-order valence-corrected chi connectivity index (χ4v) is 0.704. The molecular weight excluding hydrogens is 112 g/mol. The number of allylic oxidation sites excluding steroid dienone is 1. The fourth-order valence-electron chi connectivity index (χ4n) is 0.704. The Balaban J connectivity index is 3.04. The lowest BCUT2D eigenvalue weighted by Crippen LogP contribution is -2.04. The van der Waals surface area contributed by atoms with Crippen molar-refractivity contribution in [2.45, 2.75) is 32.3 Å². The molecule has 0 rings (SSSR count). The van der Waals surface area contributed by atoms with Gasteiger partial charge in [0.15, 0.2) is 0 Å². The average molecular weight is 127 g/mol. The van der Waals surface area contributed by atoms with Crippen LogP contribution in [0.15, 0.2) is 12.7 Å². The smallest absolute Gasteiger partial charge is 0.0546 e. The Bertz CT molecular complexity index is 69.0. The molecule has 1 unspecified atom stereocenters. The van der Waals surface area contributed by atoms with Crippen molar-refractivity contribution in [1.82, 2.24) is 0 Å². The summed E-state index contributed by atoms with van der Waals surface area (Å²) in [6, 6.07) is 0. The predicted octanol–water partition coefficient (Wildman–Crippen LogP) is 1.93. The van der Waals surface area contributed by atoms with Crippen molar-refractivity contribution in [3.63, 3.8) is 0 Å². The van der Waals surface area contributed by atoms with Crippen LogP contribution < -0.4 is 0 Å². The lowest BCUT2D eigenvalue weighted by Gasteiger charge is -2.04. The van der Waals surface area contributed by atoms with Gasteiger partial charge in [-0.2, -0.15) is 0 Å². The molecule has 0 heterocycles. The summed E-state index contributed by atoms with van der Waals surface area (Å²) in [6.07, 6.45) is 6.14. The minimum Gasteiger partial charge on any atom is -0.393 e. The second kappa shape index (κ2) is 5.83. The van der Waals surface area contributed by atoms with Crippen molar-refractivity contribution in [3.05, 3.63) is 19.1 Å². The van der Waals surface area contributed by atoms with E-state index in [2.05, 4.69) is 13.5 Å². The van der Waals surface area contributed by atoms with Gasteiger partial charge in [-0.1, -0.05) is 19.4 Å². The molecule has 0 aliphatic carbocycles. The first-order chi connectivity index (χ1) is 4.31. The van der Waals surface area contributed by atoms with Crippen molar-refractivity contribution in [2.24, 2.45) is 0 Å². The molecule has 0 amide bonds. The van der Waals surface area contributed by atoms with Crippen LogP contribution in [0, 0.1) is 6.42 Å². The molecule has 0 saturated carbocycles. The minimum absolute atomic E-state index is 0.159. The third-order valence-electron chi connectivity index (χ3n) is 1.20. The number of rotatable bonds is 5. The topological polar surface area (TPSA) is 20.2 Å². The summed E-state index contributed by atoms with van der Waals surface area (Å²) >= 11 is 0. The van der Waals surface area contributed by atoms with E-state index in [0.29, 0.717) is 0 Å². The molecule has 0 aliphatic heterocycles. The lowest BCUT2D eigenvalue weighted by molar-refractivity contribution is 0.164. The summed E-state index contributed by atoms with van der Waals surface area (Å²) in [5, 5.41) is 9.10. The molecule has 1 heteroatoms. The van der Waals surface area contributed by atoms with Crippen LogP contribution in [0.2, 0.25) is 0 Å². The van der Waals surface area contributed by atoms with Gasteiger partial charge in [0.2, 0.25) is 0 Å². The maximum atomic E-state index is 9.10. The molecule has 9 heavy (non-hydrogen) atoms. The highest BCUT2D eigenvalue weighted by Crippen LogP contribution is 2.02. The summed E-state index contributed by atoms with van der Waals surface area (Å²) in [5.41, 5.74) is 0. The van der Waals surface area contributed by atoms with Crippen molar-refractivity contribution in [3.8, 4) is 0 Å². The molecule has 0 aromatic carbocycles. The molecule has 1 radical (unpaired) electrons. The van der Waals surface area contributed by atoms with Crippen LogP contribution in [-0.2, 0) is 0 Å². The van der Waals surface area contributed by atoms with Crippen LogP contribution in [0.4, 0.5) is 0 Å². The second-order valence-electron chi connectivity index (χ2n) is 2.15. The Morgan fingerprint density at radius 1 is 1.67 bits per heavy atom. The molecule has 1 atom stereocenters. The Morgan fingerprint density at radius 3 is 2.78 bits per heavy atom. The predicted molar refractivity (Wildman–Crippen MR) is 40.0 cm³/mol. The fraction of sp³-hybridized carbons (Fsp3) is 0.625. The van der Waals surface area contributed by atoms with Crippen molar-refractivity contribution < 1.29 is 5.11 Å². The van der Waals surface area contributed by atoms with Gasteiger partial charge in [-0.25, -0.2) is 0 Å². The molecule has 0 spiro atoms. The summed E-state index contributed by atoms with van der Waals surface area (Å²) in [5.74, 6) is 0. The van der Waals surface area contributed by atoms with E-state index in [4.69, 9.17) is 5.11 Å². The molecule has 1 nitrogen and oxygen atoms in total. The second-order valence-corrected chi connectivity index (χ2v) is 2.15. The average Bonchev–Trinajstić information content (AvgIpc) is 1.85. The van der Waals surface area contributed by atoms with E-state index in [1.807, 2.05) is 6.42 Å². The number of aliphatic hydroxyl groups excluding tert-OH is 1. The first-order valence-corrected chi connectivity index (χ1v) is 3.43. The van der Waals surface area contributed by atoms with Gasteiger partial charge in [0.1, 0.15) is 0 Å². The standard InChI is InChI=1S/C8H15O/c1-3-5-7-8(9)6-4-2/h3,5,8-9H,1,4,6-7H2,2H3. The van der Waals surface area contributed by atoms with E-state index in [-0.39, 0.29) is 6.10 Å². The van der Waals surface area contributed by atoms with E-state index in [1.54, 1.807) is 6.08 Å². The van der Waals surface area contributed by atoms with Gasteiger partial charge in [-0.15, -0.1) is 6.58 Å². The number of aliphatic hydroxyl groups is 1. The summed E-state index contributed by atoms with van der Waals surface area (Å²) < 4.78 is 0. The van der Waals surface area contributed by atoms with Gasteiger partial charge in [0, 0.05) is 0 Å². The monoisotopic (exact) mass is 127 g/mol. The SMILES string of the molecule is C=C[CH]CC(O)CCC. The van der Waals surface area contributed by atoms with E-state index in [9.17, 15) is 0 Å². The van der Waals surface area contributed by atoms with Crippen molar-refractivity contribution >= 4 is 0 Å². The van der Waals surface area contributed by atoms with Gasteiger partial charge < -0.3 is 5.11 Å². The maximum Gasteiger partial charge on any atom is 0.0546 e. The van der Waals surface area contributed by atoms with Gasteiger partial charge in [-0.05, 0) is 19.3 Å². The van der Waals surface area contributed by atoms with E-state index >= 15 is 0 Å². The van der Waals surface area contributed by atoms with Crippen molar-refractivity contribution in [1.29, 1.82) is 0 Å². The molecule has 0 aromatic heterocycles. The molecule has 0 aromatic rings. The maximum absolute atomic E-state index is 9.10. The highest BCUT2D eigenvalue weighted by atomic mass is 16.3. The quantitative estimate of drug-likeness (QED) is 0.598. The zero-order valence-electron chi connectivity index (χ0n) is 6.01. The Kier molecular flexibility index (Phi) is 5.64. The summed E-state index contributed by atoms with van der Waals surface area (Å²) in [7, 11) is 0. The largest absolute Gasteiger partial charge is 0.393 e. The van der Waals surface area contributed by atoms with Crippen LogP contribution in [-0.4, -0.2) is 11.2 Å². The lowest BCUT2D eigenvalue weighted by atomic mass is 10.1. The van der Waals surface area contributed by atoms with E-state index < -0.39 is 0 Å². The third kappa shape index (κ3) is 5.57. The first-order valence-electron chi connectivity index (χ1n) is 3.43. The van der Waals surface area contributed by atoms with Crippen molar-refractivity contribution in [2.75, 3.05) is 0 Å². The van der Waals surface area contributed by atoms with Crippen LogP contribution in [0.5, 0.6) is 0 Å². The zero-order valence-corrected chi connectivity index (χ0v) is 6.01. The Morgan fingerprint density at radius 2 is 2.33 bits per heavy atom. The molecule has 53 valence electrons. The third-order valence-corrected chi connectivity index (χ3v) is 1.20. The Labute approximate surface area is 57.4 Å². The molecular formula is C8H15O. The van der Waals surface area contributed by atoms with Gasteiger partial charge in [0.25, 0.3) is 0 Å². The highest BCUT2D eigenvalue weighted by molar-refractivity contribution is 4.87. The molecule has 0 fully saturated rings. The molecule has 0 saturated heterocycles. The molecule has 0 aliphatic rings. The highest BCUT2D eigenvalue weighted by Gasteiger charge is 1.98. The van der Waals surface area contributed by atoms with Crippen LogP contribution >= 0.6 is 0 Å². The normalized spacial score (nSPS) is 13.1. The van der Waals surface area contributed by atoms with E-state index in [1.165, 1.54) is 0 Å². The zero-order chi connectivity index (χ0) is 7.11. The van der Waals surface area contributed by atoms with Gasteiger partial charge in [-0.3, -0.25) is 0 Å². The van der Waals surface area contributed by atoms with Gasteiger partial charge in [0.05, 0.1) is 6.10 Å². The van der Waals surface area contributed by atoms with Crippen LogP contribution in [0.25, 0.3) is 0 Å². The summed E-state index contributed by atoms with van der Waals surface area (Å²) in [4.78, 5) is 0. The molecule has 1 N–H and O–H groups in total. The number of hydrogen-bond donors (Lipinski definition) is 1. The summed E-state index contributed by atoms with van der Waals surface area (Å²) in [6.45, 7) is 5.59.